The average molecular weight is 276 g/mol. The Bertz CT molecular complexity index is 640. The van der Waals surface area contributed by atoms with Gasteiger partial charge in [-0.15, -0.1) is 0 Å². The van der Waals surface area contributed by atoms with Crippen molar-refractivity contribution in [3.63, 3.8) is 0 Å². The summed E-state index contributed by atoms with van der Waals surface area (Å²) in [5.74, 6) is -2.97. The standard InChI is InChI=1S/C17H15F3/c1-3-12-6-9-14(15(18)10-12)17(20)16(19)13-7-4-11(2)5-8-13/h4-10H,3H2,1-2H3/b17-16+. The molecule has 0 aromatic heterocycles. The molecule has 2 aromatic carbocycles. The van der Waals surface area contributed by atoms with E-state index in [1.807, 2.05) is 13.8 Å². The number of halogens is 3. The van der Waals surface area contributed by atoms with Crippen LogP contribution in [0.3, 0.4) is 0 Å². The third kappa shape index (κ3) is 2.93. The van der Waals surface area contributed by atoms with Crippen LogP contribution in [-0.2, 0) is 6.42 Å². The average Bonchev–Trinajstić information content (AvgIpc) is 2.46. The molecule has 0 aliphatic heterocycles. The van der Waals surface area contributed by atoms with Crippen LogP contribution in [-0.4, -0.2) is 0 Å². The van der Waals surface area contributed by atoms with Gasteiger partial charge in [-0.1, -0.05) is 42.8 Å². The van der Waals surface area contributed by atoms with Crippen LogP contribution in [0.2, 0.25) is 0 Å². The van der Waals surface area contributed by atoms with Crippen LogP contribution in [0.15, 0.2) is 42.5 Å². The summed E-state index contributed by atoms with van der Waals surface area (Å²) in [6.45, 7) is 3.72. The van der Waals surface area contributed by atoms with E-state index in [4.69, 9.17) is 0 Å². The normalized spacial score (nSPS) is 12.2. The van der Waals surface area contributed by atoms with E-state index in [1.165, 1.54) is 24.3 Å². The Morgan fingerprint density at radius 1 is 0.950 bits per heavy atom. The molecular formula is C17H15F3. The minimum absolute atomic E-state index is 0.104. The van der Waals surface area contributed by atoms with Gasteiger partial charge in [0.2, 0.25) is 0 Å². The highest BCUT2D eigenvalue weighted by Crippen LogP contribution is 2.30. The predicted octanol–water partition coefficient (Wildman–Crippen LogP) is 5.46. The molecule has 104 valence electrons. The largest absolute Gasteiger partial charge is 0.206 e. The Morgan fingerprint density at radius 3 is 2.15 bits per heavy atom. The Kier molecular flexibility index (Phi) is 4.28. The van der Waals surface area contributed by atoms with Gasteiger partial charge >= 0.3 is 0 Å². The van der Waals surface area contributed by atoms with Gasteiger partial charge in [0.05, 0.1) is 0 Å². The van der Waals surface area contributed by atoms with Crippen LogP contribution in [0.1, 0.15) is 29.2 Å². The topological polar surface area (TPSA) is 0 Å². The van der Waals surface area contributed by atoms with Crippen LogP contribution in [0.4, 0.5) is 13.2 Å². The summed E-state index contributed by atoms with van der Waals surface area (Å²) in [6.07, 6.45) is 0.642. The zero-order valence-electron chi connectivity index (χ0n) is 11.4. The molecule has 0 nitrogen and oxygen atoms in total. The monoisotopic (exact) mass is 276 g/mol. The number of benzene rings is 2. The highest BCUT2D eigenvalue weighted by Gasteiger charge is 2.15. The van der Waals surface area contributed by atoms with Crippen LogP contribution >= 0.6 is 0 Å². The van der Waals surface area contributed by atoms with E-state index in [-0.39, 0.29) is 11.1 Å². The third-order valence-corrected chi connectivity index (χ3v) is 3.18. The van der Waals surface area contributed by atoms with Gasteiger partial charge < -0.3 is 0 Å². The first-order chi connectivity index (χ1) is 9.52. The van der Waals surface area contributed by atoms with E-state index < -0.39 is 17.5 Å². The molecule has 0 N–H and O–H groups in total. The summed E-state index contributed by atoms with van der Waals surface area (Å²) >= 11 is 0. The molecule has 0 aliphatic rings. The second kappa shape index (κ2) is 5.95. The smallest absolute Gasteiger partial charge is 0.169 e. The fourth-order valence-corrected chi connectivity index (χ4v) is 1.90. The van der Waals surface area contributed by atoms with E-state index in [1.54, 1.807) is 18.2 Å². The molecule has 0 spiro atoms. The number of hydrogen-bond acceptors (Lipinski definition) is 0. The lowest BCUT2D eigenvalue weighted by molar-refractivity contribution is 0.609. The number of rotatable bonds is 3. The lowest BCUT2D eigenvalue weighted by Gasteiger charge is -2.05. The molecule has 0 amide bonds. The van der Waals surface area contributed by atoms with Gasteiger partial charge in [0.25, 0.3) is 0 Å². The highest BCUT2D eigenvalue weighted by atomic mass is 19.2. The quantitative estimate of drug-likeness (QED) is 0.653. The van der Waals surface area contributed by atoms with Gasteiger partial charge in [0.15, 0.2) is 11.7 Å². The zero-order valence-corrected chi connectivity index (χ0v) is 11.4. The minimum Gasteiger partial charge on any atom is -0.206 e. The first kappa shape index (κ1) is 14.4. The first-order valence-corrected chi connectivity index (χ1v) is 6.44. The second-order valence-electron chi connectivity index (χ2n) is 4.66. The molecule has 20 heavy (non-hydrogen) atoms. The molecular weight excluding hydrogens is 261 g/mol. The Hall–Kier alpha value is -2.03. The summed E-state index contributed by atoms with van der Waals surface area (Å²) in [5.41, 5.74) is 1.45. The van der Waals surface area contributed by atoms with Crippen molar-refractivity contribution in [2.45, 2.75) is 20.3 Å². The molecule has 0 atom stereocenters. The minimum atomic E-state index is -1.17. The maximum Gasteiger partial charge on any atom is 0.169 e. The van der Waals surface area contributed by atoms with Crippen molar-refractivity contribution >= 4 is 11.7 Å². The SMILES string of the molecule is CCc1ccc(/C(F)=C(\F)c2ccc(C)cc2)c(F)c1. The summed E-state index contributed by atoms with van der Waals surface area (Å²) < 4.78 is 41.9. The van der Waals surface area contributed by atoms with Crippen molar-refractivity contribution in [2.75, 3.05) is 0 Å². The summed E-state index contributed by atoms with van der Waals surface area (Å²) in [4.78, 5) is 0. The molecule has 0 heterocycles. The lowest BCUT2D eigenvalue weighted by Crippen LogP contribution is -1.91. The summed E-state index contributed by atoms with van der Waals surface area (Å²) in [6, 6.07) is 10.4. The third-order valence-electron chi connectivity index (χ3n) is 3.18. The molecule has 0 radical (unpaired) electrons. The molecule has 0 fully saturated rings. The Morgan fingerprint density at radius 2 is 1.60 bits per heavy atom. The van der Waals surface area contributed by atoms with Gasteiger partial charge in [-0.2, -0.15) is 0 Å². The van der Waals surface area contributed by atoms with E-state index in [0.717, 1.165) is 11.1 Å². The van der Waals surface area contributed by atoms with Crippen LogP contribution < -0.4 is 0 Å². The van der Waals surface area contributed by atoms with Crippen LogP contribution in [0.5, 0.6) is 0 Å². The Labute approximate surface area is 116 Å². The maximum absolute atomic E-state index is 14.1. The van der Waals surface area contributed by atoms with Crippen LogP contribution in [0, 0.1) is 12.7 Å². The van der Waals surface area contributed by atoms with Crippen molar-refractivity contribution in [3.05, 3.63) is 70.5 Å². The van der Waals surface area contributed by atoms with Gasteiger partial charge in [-0.3, -0.25) is 0 Å². The van der Waals surface area contributed by atoms with Crippen LogP contribution in [0.25, 0.3) is 11.7 Å². The van der Waals surface area contributed by atoms with Crippen molar-refractivity contribution in [1.82, 2.24) is 0 Å². The fraction of sp³-hybridized carbons (Fsp3) is 0.176. The van der Waals surface area contributed by atoms with E-state index in [2.05, 4.69) is 0 Å². The molecule has 2 rings (SSSR count). The first-order valence-electron chi connectivity index (χ1n) is 6.44. The molecule has 3 heteroatoms. The van der Waals surface area contributed by atoms with Crippen molar-refractivity contribution in [3.8, 4) is 0 Å². The zero-order chi connectivity index (χ0) is 14.7. The predicted molar refractivity (Wildman–Crippen MR) is 76.0 cm³/mol. The summed E-state index contributed by atoms with van der Waals surface area (Å²) in [7, 11) is 0. The molecule has 2 aromatic rings. The van der Waals surface area contributed by atoms with E-state index >= 15 is 0 Å². The van der Waals surface area contributed by atoms with Gasteiger partial charge in [0, 0.05) is 11.1 Å². The number of hydrogen-bond donors (Lipinski definition) is 0. The fourth-order valence-electron chi connectivity index (χ4n) is 1.90. The molecule has 0 saturated heterocycles. The van der Waals surface area contributed by atoms with E-state index in [9.17, 15) is 13.2 Å². The molecule has 0 aliphatic carbocycles. The van der Waals surface area contributed by atoms with Gasteiger partial charge in [-0.05, 0) is 31.0 Å². The molecule has 0 unspecified atom stereocenters. The van der Waals surface area contributed by atoms with Gasteiger partial charge in [0.1, 0.15) is 5.82 Å². The number of aryl methyl sites for hydroxylation is 2. The van der Waals surface area contributed by atoms with Gasteiger partial charge in [-0.25, -0.2) is 13.2 Å². The van der Waals surface area contributed by atoms with Crippen molar-refractivity contribution in [2.24, 2.45) is 0 Å². The molecule has 0 bridgehead atoms. The molecule has 0 saturated carbocycles. The van der Waals surface area contributed by atoms with Crippen molar-refractivity contribution in [1.29, 1.82) is 0 Å². The van der Waals surface area contributed by atoms with E-state index in [0.29, 0.717) is 6.42 Å². The Balaban J connectivity index is 2.45. The lowest BCUT2D eigenvalue weighted by atomic mass is 10.1. The summed E-state index contributed by atoms with van der Waals surface area (Å²) in [5, 5.41) is 0. The highest BCUT2D eigenvalue weighted by molar-refractivity contribution is 5.83. The van der Waals surface area contributed by atoms with Crippen molar-refractivity contribution < 1.29 is 13.2 Å². The maximum atomic E-state index is 14.1. The second-order valence-corrected chi connectivity index (χ2v) is 4.66.